The highest BCUT2D eigenvalue weighted by Gasteiger charge is 2.15. The Balaban J connectivity index is 2.34. The molecule has 1 unspecified atom stereocenters. The SMILES string of the molecule is CC(C)Oc1cccc(C(NN)c2ccc(F)c(F)c2)c1. The molecule has 0 aliphatic rings. The number of hydrogen-bond acceptors (Lipinski definition) is 3. The van der Waals surface area contributed by atoms with E-state index in [-0.39, 0.29) is 6.10 Å². The fraction of sp³-hybridized carbons (Fsp3) is 0.250. The monoisotopic (exact) mass is 292 g/mol. The first-order chi connectivity index (χ1) is 10.0. The third-order valence-electron chi connectivity index (χ3n) is 3.01. The summed E-state index contributed by atoms with van der Waals surface area (Å²) in [4.78, 5) is 0. The molecule has 0 saturated carbocycles. The Hall–Kier alpha value is -1.98. The lowest BCUT2D eigenvalue weighted by molar-refractivity contribution is 0.242. The molecule has 112 valence electrons. The highest BCUT2D eigenvalue weighted by molar-refractivity contribution is 5.37. The van der Waals surface area contributed by atoms with Gasteiger partial charge >= 0.3 is 0 Å². The molecule has 2 aromatic rings. The summed E-state index contributed by atoms with van der Waals surface area (Å²) in [7, 11) is 0. The number of rotatable bonds is 5. The van der Waals surface area contributed by atoms with Crippen LogP contribution in [0.25, 0.3) is 0 Å². The largest absolute Gasteiger partial charge is 0.491 e. The Morgan fingerprint density at radius 3 is 2.33 bits per heavy atom. The third-order valence-corrected chi connectivity index (χ3v) is 3.01. The minimum atomic E-state index is -0.901. The lowest BCUT2D eigenvalue weighted by Crippen LogP contribution is -2.29. The van der Waals surface area contributed by atoms with Crippen LogP contribution in [-0.2, 0) is 0 Å². The molecule has 0 aromatic heterocycles. The maximum Gasteiger partial charge on any atom is 0.159 e. The van der Waals surface area contributed by atoms with Gasteiger partial charge in [0.1, 0.15) is 5.75 Å². The molecule has 0 spiro atoms. The molecule has 0 amide bonds. The third kappa shape index (κ3) is 3.77. The summed E-state index contributed by atoms with van der Waals surface area (Å²) in [5.41, 5.74) is 3.96. The Labute approximate surface area is 122 Å². The first-order valence-electron chi connectivity index (χ1n) is 6.69. The van der Waals surface area contributed by atoms with E-state index >= 15 is 0 Å². The second kappa shape index (κ2) is 6.65. The number of halogens is 2. The molecule has 0 fully saturated rings. The van der Waals surface area contributed by atoms with Crippen molar-refractivity contribution in [2.75, 3.05) is 0 Å². The first-order valence-corrected chi connectivity index (χ1v) is 6.69. The zero-order chi connectivity index (χ0) is 15.4. The molecule has 0 aliphatic carbocycles. The van der Waals surface area contributed by atoms with Gasteiger partial charge in [0.05, 0.1) is 12.1 Å². The van der Waals surface area contributed by atoms with Gasteiger partial charge in [0.15, 0.2) is 11.6 Å². The van der Waals surface area contributed by atoms with Crippen LogP contribution >= 0.6 is 0 Å². The van der Waals surface area contributed by atoms with Crippen molar-refractivity contribution < 1.29 is 13.5 Å². The summed E-state index contributed by atoms with van der Waals surface area (Å²) in [6, 6.07) is 10.6. The summed E-state index contributed by atoms with van der Waals surface area (Å²) in [6.45, 7) is 3.86. The van der Waals surface area contributed by atoms with Crippen LogP contribution in [0, 0.1) is 11.6 Å². The normalized spacial score (nSPS) is 12.5. The summed E-state index contributed by atoms with van der Waals surface area (Å²) >= 11 is 0. The van der Waals surface area contributed by atoms with Crippen LogP contribution in [0.5, 0.6) is 5.75 Å². The predicted molar refractivity (Wildman–Crippen MR) is 77.7 cm³/mol. The van der Waals surface area contributed by atoms with Crippen molar-refractivity contribution >= 4 is 0 Å². The number of benzene rings is 2. The number of ether oxygens (including phenoxy) is 1. The van der Waals surface area contributed by atoms with Crippen molar-refractivity contribution in [1.29, 1.82) is 0 Å². The Kier molecular flexibility index (Phi) is 4.88. The quantitative estimate of drug-likeness (QED) is 0.656. The summed E-state index contributed by atoms with van der Waals surface area (Å²) in [5, 5.41) is 0. The summed E-state index contributed by atoms with van der Waals surface area (Å²) < 4.78 is 32.0. The van der Waals surface area contributed by atoms with E-state index in [4.69, 9.17) is 10.6 Å². The topological polar surface area (TPSA) is 47.3 Å². The molecule has 5 heteroatoms. The summed E-state index contributed by atoms with van der Waals surface area (Å²) in [5.74, 6) is 4.49. The second-order valence-electron chi connectivity index (χ2n) is 5.01. The predicted octanol–water partition coefficient (Wildman–Crippen LogP) is 3.30. The lowest BCUT2D eigenvalue weighted by atomic mass is 9.99. The van der Waals surface area contributed by atoms with Gasteiger partial charge < -0.3 is 4.74 Å². The summed E-state index contributed by atoms with van der Waals surface area (Å²) in [6.07, 6.45) is 0.0489. The number of nitrogens with one attached hydrogen (secondary N) is 1. The maximum absolute atomic E-state index is 13.4. The number of hydrazine groups is 1. The van der Waals surface area contributed by atoms with Crippen molar-refractivity contribution in [3.8, 4) is 5.75 Å². The van der Waals surface area contributed by atoms with Crippen LogP contribution in [0.4, 0.5) is 8.78 Å². The molecular weight excluding hydrogens is 274 g/mol. The first kappa shape index (κ1) is 15.4. The molecule has 1 atom stereocenters. The van der Waals surface area contributed by atoms with Gasteiger partial charge in [-0.3, -0.25) is 5.84 Å². The second-order valence-corrected chi connectivity index (χ2v) is 5.01. The molecule has 21 heavy (non-hydrogen) atoms. The van der Waals surface area contributed by atoms with Crippen molar-refractivity contribution in [2.45, 2.75) is 26.0 Å². The molecule has 0 bridgehead atoms. The zero-order valence-corrected chi connectivity index (χ0v) is 11.9. The highest BCUT2D eigenvalue weighted by atomic mass is 19.2. The average Bonchev–Trinajstić information content (AvgIpc) is 2.43. The van der Waals surface area contributed by atoms with E-state index in [1.807, 2.05) is 38.1 Å². The van der Waals surface area contributed by atoms with E-state index < -0.39 is 17.7 Å². The van der Waals surface area contributed by atoms with Crippen LogP contribution in [0.2, 0.25) is 0 Å². The Morgan fingerprint density at radius 2 is 1.71 bits per heavy atom. The number of nitrogens with two attached hydrogens (primary N) is 1. The van der Waals surface area contributed by atoms with Crippen LogP contribution in [-0.4, -0.2) is 6.10 Å². The van der Waals surface area contributed by atoms with E-state index in [1.165, 1.54) is 6.07 Å². The van der Waals surface area contributed by atoms with Gasteiger partial charge in [-0.2, -0.15) is 0 Å². The van der Waals surface area contributed by atoms with Crippen molar-refractivity contribution in [3.05, 3.63) is 65.2 Å². The number of hydrogen-bond donors (Lipinski definition) is 2. The van der Waals surface area contributed by atoms with Gasteiger partial charge in [0, 0.05) is 0 Å². The zero-order valence-electron chi connectivity index (χ0n) is 11.9. The smallest absolute Gasteiger partial charge is 0.159 e. The molecular formula is C16H18F2N2O. The molecule has 0 heterocycles. The van der Waals surface area contributed by atoms with Crippen LogP contribution in [0.15, 0.2) is 42.5 Å². The van der Waals surface area contributed by atoms with Gasteiger partial charge in [0.25, 0.3) is 0 Å². The van der Waals surface area contributed by atoms with Crippen LogP contribution in [0.3, 0.4) is 0 Å². The Morgan fingerprint density at radius 1 is 1.00 bits per heavy atom. The van der Waals surface area contributed by atoms with E-state index in [9.17, 15) is 8.78 Å². The van der Waals surface area contributed by atoms with E-state index in [0.717, 1.165) is 17.7 Å². The molecule has 2 aromatic carbocycles. The van der Waals surface area contributed by atoms with Crippen molar-refractivity contribution in [3.63, 3.8) is 0 Å². The minimum absolute atomic E-state index is 0.0489. The highest BCUT2D eigenvalue weighted by Crippen LogP contribution is 2.26. The maximum atomic E-state index is 13.4. The van der Waals surface area contributed by atoms with Gasteiger partial charge in [-0.05, 0) is 49.2 Å². The van der Waals surface area contributed by atoms with Crippen LogP contribution < -0.4 is 16.0 Å². The minimum Gasteiger partial charge on any atom is -0.491 e. The van der Waals surface area contributed by atoms with Crippen molar-refractivity contribution in [2.24, 2.45) is 5.84 Å². The van der Waals surface area contributed by atoms with E-state index in [2.05, 4.69) is 5.43 Å². The molecule has 0 aliphatic heterocycles. The van der Waals surface area contributed by atoms with Crippen LogP contribution in [0.1, 0.15) is 31.0 Å². The fourth-order valence-corrected chi connectivity index (χ4v) is 2.12. The molecule has 3 N–H and O–H groups in total. The molecule has 3 nitrogen and oxygen atoms in total. The lowest BCUT2D eigenvalue weighted by Gasteiger charge is -2.18. The average molecular weight is 292 g/mol. The fourth-order valence-electron chi connectivity index (χ4n) is 2.12. The van der Waals surface area contributed by atoms with Crippen molar-refractivity contribution in [1.82, 2.24) is 5.43 Å². The van der Waals surface area contributed by atoms with Gasteiger partial charge in [-0.25, -0.2) is 14.2 Å². The van der Waals surface area contributed by atoms with Gasteiger partial charge in [0.2, 0.25) is 0 Å². The van der Waals surface area contributed by atoms with Gasteiger partial charge in [-0.1, -0.05) is 18.2 Å². The molecule has 2 rings (SSSR count). The van der Waals surface area contributed by atoms with Gasteiger partial charge in [-0.15, -0.1) is 0 Å². The standard InChI is InChI=1S/C16H18F2N2O/c1-10(2)21-13-5-3-4-11(8-13)16(20-19)12-6-7-14(17)15(18)9-12/h3-10,16,20H,19H2,1-2H3. The van der Waals surface area contributed by atoms with E-state index in [0.29, 0.717) is 11.3 Å². The molecule has 0 radical (unpaired) electrons. The Bertz CT molecular complexity index is 617. The van der Waals surface area contributed by atoms with E-state index in [1.54, 1.807) is 0 Å². The molecule has 0 saturated heterocycles.